The molecule has 1 aromatic rings. The van der Waals surface area contributed by atoms with Crippen LogP contribution in [0.25, 0.3) is 4.85 Å². The molecule has 16 heavy (non-hydrogen) atoms. The molecule has 0 aliphatic rings. The highest BCUT2D eigenvalue weighted by Gasteiger charge is 2.30. The van der Waals surface area contributed by atoms with Crippen LogP contribution in [-0.4, -0.2) is 14.3 Å². The molecule has 0 spiro atoms. The number of nitrogens with zero attached hydrogens (tertiary/aromatic N) is 1. The number of halogens is 3. The van der Waals surface area contributed by atoms with Gasteiger partial charge in [0.05, 0.1) is 10.5 Å². The van der Waals surface area contributed by atoms with Crippen molar-refractivity contribution in [2.75, 3.05) is 5.88 Å². The molecule has 86 valence electrons. The fraction of sp³-hybridized carbons (Fsp3) is 0.222. The number of benzene rings is 1. The molecule has 0 heterocycles. The van der Waals surface area contributed by atoms with E-state index in [0.717, 1.165) is 12.1 Å². The molecular weight excluding hydrogens is 243 g/mol. The molecule has 0 saturated carbocycles. The number of rotatable bonds is 2. The van der Waals surface area contributed by atoms with E-state index in [1.165, 1.54) is 0 Å². The number of alkyl halides is 3. The maximum absolute atomic E-state index is 12.2. The molecule has 0 amide bonds. The van der Waals surface area contributed by atoms with Gasteiger partial charge in [0.25, 0.3) is 9.84 Å². The Balaban J connectivity index is 3.11. The van der Waals surface area contributed by atoms with Crippen LogP contribution in [0.1, 0.15) is 5.56 Å². The van der Waals surface area contributed by atoms with E-state index in [1.807, 2.05) is 0 Å². The van der Waals surface area contributed by atoms with Crippen molar-refractivity contribution < 1.29 is 21.6 Å². The zero-order valence-corrected chi connectivity index (χ0v) is 8.64. The van der Waals surface area contributed by atoms with Gasteiger partial charge in [0.1, 0.15) is 0 Å². The summed E-state index contributed by atoms with van der Waals surface area (Å²) in [7, 11) is -3.79. The first-order chi connectivity index (χ1) is 7.27. The van der Waals surface area contributed by atoms with Crippen LogP contribution in [0.2, 0.25) is 0 Å². The summed E-state index contributed by atoms with van der Waals surface area (Å²) in [6.45, 7) is 6.41. The van der Waals surface area contributed by atoms with Crippen LogP contribution in [-0.2, 0) is 16.0 Å². The van der Waals surface area contributed by atoms with Gasteiger partial charge in [0.15, 0.2) is 0 Å². The third kappa shape index (κ3) is 2.73. The van der Waals surface area contributed by atoms with Crippen molar-refractivity contribution in [2.24, 2.45) is 0 Å². The van der Waals surface area contributed by atoms with Crippen LogP contribution in [0.4, 0.5) is 13.2 Å². The minimum atomic E-state index is -4.50. The van der Waals surface area contributed by atoms with Gasteiger partial charge in [-0.2, -0.15) is 13.2 Å². The molecule has 0 saturated heterocycles. The van der Waals surface area contributed by atoms with Crippen LogP contribution in [0.5, 0.6) is 0 Å². The van der Waals surface area contributed by atoms with E-state index < -0.39 is 27.5 Å². The third-order valence-corrected chi connectivity index (χ3v) is 3.23. The fourth-order valence-electron chi connectivity index (χ4n) is 1.01. The first kappa shape index (κ1) is 12.5. The second-order valence-corrected chi connectivity index (χ2v) is 4.88. The lowest BCUT2D eigenvalue weighted by Gasteiger charge is -2.06. The van der Waals surface area contributed by atoms with Crippen molar-refractivity contribution in [3.8, 4) is 0 Å². The summed E-state index contributed by atoms with van der Waals surface area (Å²) in [5.74, 6) is -0.766. The predicted octanol–water partition coefficient (Wildman–Crippen LogP) is 2.36. The summed E-state index contributed by atoms with van der Waals surface area (Å²) >= 11 is 0. The van der Waals surface area contributed by atoms with E-state index in [4.69, 9.17) is 6.57 Å². The van der Waals surface area contributed by atoms with Gasteiger partial charge in [-0.1, -0.05) is 0 Å². The number of sulfone groups is 1. The summed E-state index contributed by atoms with van der Waals surface area (Å²) in [5.41, 5.74) is -0.922. The summed E-state index contributed by atoms with van der Waals surface area (Å²) in [5, 5.41) is 0. The van der Waals surface area contributed by atoms with Crippen molar-refractivity contribution in [1.29, 1.82) is 0 Å². The maximum Gasteiger partial charge on any atom is 0.416 e. The molecule has 0 aliphatic carbocycles. The molecule has 0 aliphatic heterocycles. The van der Waals surface area contributed by atoms with Crippen molar-refractivity contribution in [2.45, 2.75) is 11.1 Å². The van der Waals surface area contributed by atoms with Crippen LogP contribution in [0.3, 0.4) is 0 Å². The first-order valence-electron chi connectivity index (χ1n) is 4.00. The highest BCUT2D eigenvalue weighted by Crippen LogP contribution is 2.29. The van der Waals surface area contributed by atoms with Crippen molar-refractivity contribution in [1.82, 2.24) is 0 Å². The van der Waals surface area contributed by atoms with Crippen molar-refractivity contribution >= 4 is 9.84 Å². The van der Waals surface area contributed by atoms with Gasteiger partial charge in [-0.15, -0.1) is 0 Å². The lowest BCUT2D eigenvalue weighted by molar-refractivity contribution is -0.137. The molecule has 0 N–H and O–H groups in total. The summed E-state index contributed by atoms with van der Waals surface area (Å²) in [6.07, 6.45) is -4.50. The maximum atomic E-state index is 12.2. The smallest absolute Gasteiger partial charge is 0.299 e. The van der Waals surface area contributed by atoms with Crippen LogP contribution in [0.15, 0.2) is 29.2 Å². The van der Waals surface area contributed by atoms with Crippen molar-refractivity contribution in [3.05, 3.63) is 41.2 Å². The predicted molar refractivity (Wildman–Crippen MR) is 50.1 cm³/mol. The highest BCUT2D eigenvalue weighted by atomic mass is 32.2. The largest absolute Gasteiger partial charge is 0.416 e. The zero-order valence-electron chi connectivity index (χ0n) is 7.82. The summed E-state index contributed by atoms with van der Waals surface area (Å²) in [6, 6.07) is 3.06. The summed E-state index contributed by atoms with van der Waals surface area (Å²) in [4.78, 5) is 2.41. The Kier molecular flexibility index (Phi) is 3.24. The number of hydrogen-bond donors (Lipinski definition) is 0. The van der Waals surface area contributed by atoms with Gasteiger partial charge in [-0.25, -0.2) is 15.0 Å². The van der Waals surface area contributed by atoms with E-state index in [2.05, 4.69) is 4.85 Å². The molecule has 0 fully saturated rings. The Hall–Kier alpha value is -1.55. The Morgan fingerprint density at radius 2 is 1.69 bits per heavy atom. The quantitative estimate of drug-likeness (QED) is 0.755. The average Bonchev–Trinajstić information content (AvgIpc) is 2.16. The third-order valence-electron chi connectivity index (χ3n) is 1.78. The molecule has 1 rings (SSSR count). The van der Waals surface area contributed by atoms with Gasteiger partial charge in [0, 0.05) is 0 Å². The molecule has 3 nitrogen and oxygen atoms in total. The van der Waals surface area contributed by atoms with E-state index >= 15 is 0 Å². The van der Waals surface area contributed by atoms with Gasteiger partial charge in [-0.05, 0) is 24.3 Å². The fourth-order valence-corrected chi connectivity index (χ4v) is 1.88. The van der Waals surface area contributed by atoms with Gasteiger partial charge in [0.2, 0.25) is 0 Å². The SMILES string of the molecule is [C-]#[N+]CS(=O)(=O)c1ccc(C(F)(F)F)cc1. The van der Waals surface area contributed by atoms with E-state index in [0.29, 0.717) is 12.1 Å². The van der Waals surface area contributed by atoms with Crippen LogP contribution in [0, 0.1) is 6.57 Å². The van der Waals surface area contributed by atoms with E-state index in [1.54, 1.807) is 0 Å². The first-order valence-corrected chi connectivity index (χ1v) is 5.66. The molecule has 0 atom stereocenters. The van der Waals surface area contributed by atoms with Crippen LogP contribution >= 0.6 is 0 Å². The molecule has 1 aromatic carbocycles. The lowest BCUT2D eigenvalue weighted by atomic mass is 10.2. The second-order valence-electron chi connectivity index (χ2n) is 2.92. The van der Waals surface area contributed by atoms with Gasteiger partial charge in [-0.3, -0.25) is 4.85 Å². The standard InChI is InChI=1S/C9H6F3NO2S/c1-13-6-16(14,15)8-4-2-7(3-5-8)9(10,11)12/h2-5H,6H2. The lowest BCUT2D eigenvalue weighted by Crippen LogP contribution is -2.07. The van der Waals surface area contributed by atoms with Crippen LogP contribution < -0.4 is 0 Å². The topological polar surface area (TPSA) is 38.5 Å². The molecule has 0 unspecified atom stereocenters. The monoisotopic (exact) mass is 249 g/mol. The zero-order chi connectivity index (χ0) is 12.4. The normalized spacial score (nSPS) is 12.1. The molecule has 0 bridgehead atoms. The average molecular weight is 249 g/mol. The van der Waals surface area contributed by atoms with Gasteiger partial charge >= 0.3 is 12.1 Å². The Morgan fingerprint density at radius 1 is 1.19 bits per heavy atom. The molecule has 7 heteroatoms. The Bertz CT molecular complexity index is 511. The minimum absolute atomic E-state index is 0.281. The Morgan fingerprint density at radius 3 is 2.06 bits per heavy atom. The highest BCUT2D eigenvalue weighted by molar-refractivity contribution is 7.91. The molecule has 0 radical (unpaired) electrons. The van der Waals surface area contributed by atoms with Gasteiger partial charge < -0.3 is 0 Å². The number of hydrogen-bond acceptors (Lipinski definition) is 2. The molecular formula is C9H6F3NO2S. The van der Waals surface area contributed by atoms with E-state index in [-0.39, 0.29) is 4.90 Å². The Labute approximate surface area is 90.3 Å². The second kappa shape index (κ2) is 4.14. The minimum Gasteiger partial charge on any atom is -0.299 e. The summed E-state index contributed by atoms with van der Waals surface area (Å²) < 4.78 is 59.1. The molecule has 0 aromatic heterocycles. The van der Waals surface area contributed by atoms with E-state index in [9.17, 15) is 21.6 Å². The van der Waals surface area contributed by atoms with Crippen molar-refractivity contribution in [3.63, 3.8) is 0 Å².